The van der Waals surface area contributed by atoms with Gasteiger partial charge in [0, 0.05) is 25.6 Å². The van der Waals surface area contributed by atoms with Crippen LogP contribution >= 0.6 is 0 Å². The summed E-state index contributed by atoms with van der Waals surface area (Å²) in [6.07, 6.45) is 0. The van der Waals surface area contributed by atoms with Gasteiger partial charge in [-0.1, -0.05) is 20.8 Å². The van der Waals surface area contributed by atoms with Gasteiger partial charge in [0.05, 0.1) is 0 Å². The molecule has 0 bridgehead atoms. The average molecular weight is 280 g/mol. The van der Waals surface area contributed by atoms with Gasteiger partial charge in [-0.15, -0.1) is 0 Å². The molecule has 0 saturated heterocycles. The molecule has 0 fully saturated rings. The standard InChI is InChI=1S/C13H24N6O/c1-8(11(20)19(5)6)15-9-7-10(18-14)17-12(16-9)13(2,3)4/h7-8H,14H2,1-6H3,(H2,15,16,17,18). The Kier molecular flexibility index (Phi) is 4.88. The van der Waals surface area contributed by atoms with E-state index >= 15 is 0 Å². The second kappa shape index (κ2) is 6.04. The first-order valence-electron chi connectivity index (χ1n) is 6.49. The molecule has 1 unspecified atom stereocenters. The smallest absolute Gasteiger partial charge is 0.244 e. The first-order chi connectivity index (χ1) is 9.15. The van der Waals surface area contributed by atoms with E-state index in [2.05, 4.69) is 20.7 Å². The first-order valence-corrected chi connectivity index (χ1v) is 6.49. The van der Waals surface area contributed by atoms with Gasteiger partial charge in [0.25, 0.3) is 0 Å². The van der Waals surface area contributed by atoms with Gasteiger partial charge < -0.3 is 15.6 Å². The number of nitrogens with two attached hydrogens (primary N) is 1. The van der Waals surface area contributed by atoms with Crippen molar-refractivity contribution in [2.24, 2.45) is 5.84 Å². The largest absolute Gasteiger partial charge is 0.358 e. The van der Waals surface area contributed by atoms with E-state index in [9.17, 15) is 4.79 Å². The minimum atomic E-state index is -0.377. The van der Waals surface area contributed by atoms with Crippen LogP contribution in [0.2, 0.25) is 0 Å². The van der Waals surface area contributed by atoms with E-state index in [1.807, 2.05) is 20.8 Å². The summed E-state index contributed by atoms with van der Waals surface area (Å²) in [6.45, 7) is 7.83. The summed E-state index contributed by atoms with van der Waals surface area (Å²) in [5, 5.41) is 3.07. The summed E-state index contributed by atoms with van der Waals surface area (Å²) in [5.74, 6) is 7.14. The quantitative estimate of drug-likeness (QED) is 0.561. The lowest BCUT2D eigenvalue weighted by Crippen LogP contribution is -2.37. The second-order valence-electron chi connectivity index (χ2n) is 5.96. The molecule has 1 aromatic heterocycles. The third-order valence-electron chi connectivity index (χ3n) is 2.72. The lowest BCUT2D eigenvalue weighted by atomic mass is 9.96. The highest BCUT2D eigenvalue weighted by Gasteiger charge is 2.21. The lowest BCUT2D eigenvalue weighted by molar-refractivity contribution is -0.129. The molecule has 112 valence electrons. The molecule has 0 saturated carbocycles. The molecule has 7 nitrogen and oxygen atoms in total. The molecule has 1 aromatic rings. The molecule has 0 radical (unpaired) electrons. The van der Waals surface area contributed by atoms with Crippen LogP contribution in [0, 0.1) is 0 Å². The van der Waals surface area contributed by atoms with Crippen LogP contribution < -0.4 is 16.6 Å². The number of aromatic nitrogens is 2. The molecule has 7 heteroatoms. The number of hydrazine groups is 1. The zero-order valence-corrected chi connectivity index (χ0v) is 13.0. The summed E-state index contributed by atoms with van der Waals surface area (Å²) in [7, 11) is 3.43. The van der Waals surface area contributed by atoms with Crippen molar-refractivity contribution in [3.8, 4) is 0 Å². The van der Waals surface area contributed by atoms with E-state index in [0.29, 0.717) is 17.5 Å². The maximum atomic E-state index is 11.9. The van der Waals surface area contributed by atoms with Crippen molar-refractivity contribution in [2.75, 3.05) is 24.8 Å². The van der Waals surface area contributed by atoms with Crippen molar-refractivity contribution in [3.63, 3.8) is 0 Å². The Morgan fingerprint density at radius 1 is 1.30 bits per heavy atom. The SMILES string of the molecule is CC(Nc1cc(NN)nc(C(C)(C)C)n1)C(=O)N(C)C. The maximum Gasteiger partial charge on any atom is 0.244 e. The van der Waals surface area contributed by atoms with Gasteiger partial charge in [0.2, 0.25) is 5.91 Å². The summed E-state index contributed by atoms with van der Waals surface area (Å²) in [4.78, 5) is 22.2. The van der Waals surface area contributed by atoms with Crippen LogP contribution in [0.15, 0.2) is 6.07 Å². The van der Waals surface area contributed by atoms with Crippen molar-refractivity contribution in [1.29, 1.82) is 0 Å². The number of amides is 1. The molecule has 0 aromatic carbocycles. The Morgan fingerprint density at radius 2 is 1.85 bits per heavy atom. The van der Waals surface area contributed by atoms with E-state index in [1.54, 1.807) is 27.1 Å². The molecular weight excluding hydrogens is 256 g/mol. The Labute approximate surface area is 119 Å². The highest BCUT2D eigenvalue weighted by Crippen LogP contribution is 2.22. The van der Waals surface area contributed by atoms with Crippen LogP contribution in [0.25, 0.3) is 0 Å². The highest BCUT2D eigenvalue weighted by molar-refractivity contribution is 5.83. The summed E-state index contributed by atoms with van der Waals surface area (Å²) in [6, 6.07) is 1.30. The molecule has 1 atom stereocenters. The van der Waals surface area contributed by atoms with Crippen molar-refractivity contribution < 1.29 is 4.79 Å². The maximum absolute atomic E-state index is 11.9. The van der Waals surface area contributed by atoms with Crippen LogP contribution in [0.4, 0.5) is 11.6 Å². The number of carbonyl (C=O) groups excluding carboxylic acids is 1. The van der Waals surface area contributed by atoms with Gasteiger partial charge in [-0.3, -0.25) is 4.79 Å². The van der Waals surface area contributed by atoms with E-state index in [1.165, 1.54) is 4.90 Å². The lowest BCUT2D eigenvalue weighted by Gasteiger charge is -2.21. The van der Waals surface area contributed by atoms with Crippen molar-refractivity contribution in [2.45, 2.75) is 39.2 Å². The predicted octanol–water partition coefficient (Wildman–Crippen LogP) is 0.948. The van der Waals surface area contributed by atoms with Gasteiger partial charge in [-0.05, 0) is 6.92 Å². The first kappa shape index (κ1) is 16.2. The van der Waals surface area contributed by atoms with Gasteiger partial charge in [-0.2, -0.15) is 0 Å². The van der Waals surface area contributed by atoms with Crippen LogP contribution in [-0.2, 0) is 10.2 Å². The van der Waals surface area contributed by atoms with E-state index < -0.39 is 0 Å². The van der Waals surface area contributed by atoms with E-state index in [4.69, 9.17) is 5.84 Å². The molecular formula is C13H24N6O. The minimum absolute atomic E-state index is 0.0248. The monoisotopic (exact) mass is 280 g/mol. The number of hydrogen-bond donors (Lipinski definition) is 3. The molecule has 20 heavy (non-hydrogen) atoms. The van der Waals surface area contributed by atoms with Crippen LogP contribution in [0.5, 0.6) is 0 Å². The van der Waals surface area contributed by atoms with Crippen molar-refractivity contribution >= 4 is 17.5 Å². The number of carbonyl (C=O) groups is 1. The second-order valence-corrected chi connectivity index (χ2v) is 5.96. The van der Waals surface area contributed by atoms with Gasteiger partial charge in [0.1, 0.15) is 23.5 Å². The van der Waals surface area contributed by atoms with Gasteiger partial charge in [0.15, 0.2) is 0 Å². The normalized spacial score (nSPS) is 12.8. The Morgan fingerprint density at radius 3 is 2.30 bits per heavy atom. The fourth-order valence-corrected chi connectivity index (χ4v) is 1.60. The topological polar surface area (TPSA) is 96.2 Å². The number of nitrogens with one attached hydrogen (secondary N) is 2. The molecule has 1 rings (SSSR count). The molecule has 1 heterocycles. The molecule has 0 aliphatic carbocycles. The van der Waals surface area contributed by atoms with E-state index in [0.717, 1.165) is 0 Å². The Balaban J connectivity index is 3.03. The number of anilines is 2. The zero-order chi connectivity index (χ0) is 15.5. The average Bonchev–Trinajstić information content (AvgIpc) is 2.36. The summed E-state index contributed by atoms with van der Waals surface area (Å²) < 4.78 is 0. The third kappa shape index (κ3) is 4.06. The number of rotatable bonds is 4. The fourth-order valence-electron chi connectivity index (χ4n) is 1.60. The number of likely N-dealkylation sites (N-methyl/N-ethyl adjacent to an activating group) is 1. The fraction of sp³-hybridized carbons (Fsp3) is 0.615. The van der Waals surface area contributed by atoms with Crippen LogP contribution in [0.3, 0.4) is 0 Å². The third-order valence-corrected chi connectivity index (χ3v) is 2.72. The van der Waals surface area contributed by atoms with Crippen LogP contribution in [-0.4, -0.2) is 40.9 Å². The van der Waals surface area contributed by atoms with Crippen molar-refractivity contribution in [1.82, 2.24) is 14.9 Å². The van der Waals surface area contributed by atoms with Crippen LogP contribution in [0.1, 0.15) is 33.5 Å². The molecule has 0 aliphatic rings. The van der Waals surface area contributed by atoms with E-state index in [-0.39, 0.29) is 17.4 Å². The van der Waals surface area contributed by atoms with Gasteiger partial charge in [-0.25, -0.2) is 15.8 Å². The molecule has 1 amide bonds. The Bertz CT molecular complexity index is 480. The molecule has 4 N–H and O–H groups in total. The summed E-state index contributed by atoms with van der Waals surface area (Å²) in [5.41, 5.74) is 2.31. The molecule has 0 aliphatic heterocycles. The molecule has 0 spiro atoms. The van der Waals surface area contributed by atoms with Crippen molar-refractivity contribution in [3.05, 3.63) is 11.9 Å². The zero-order valence-electron chi connectivity index (χ0n) is 13.0. The number of hydrogen-bond acceptors (Lipinski definition) is 6. The number of nitrogens with zero attached hydrogens (tertiary/aromatic N) is 3. The van der Waals surface area contributed by atoms with Gasteiger partial charge >= 0.3 is 0 Å². The highest BCUT2D eigenvalue weighted by atomic mass is 16.2. The summed E-state index contributed by atoms with van der Waals surface area (Å²) >= 11 is 0. The number of nitrogen functional groups attached to an aromatic ring is 1. The minimum Gasteiger partial charge on any atom is -0.358 e. The Hall–Kier alpha value is -1.89. The predicted molar refractivity (Wildman–Crippen MR) is 80.3 cm³/mol.